The second-order valence-electron chi connectivity index (χ2n) is 7.25. The van der Waals surface area contributed by atoms with E-state index in [0.29, 0.717) is 36.1 Å². The van der Waals surface area contributed by atoms with Crippen LogP contribution in [0, 0.1) is 5.92 Å². The van der Waals surface area contributed by atoms with Gasteiger partial charge in [0.15, 0.2) is 9.84 Å². The number of amides is 3. The molecule has 3 amide bonds. The molecule has 1 saturated heterocycles. The first kappa shape index (κ1) is 20.4. The summed E-state index contributed by atoms with van der Waals surface area (Å²) in [4.78, 5) is 24.2. The van der Waals surface area contributed by atoms with E-state index in [4.69, 9.17) is 4.74 Å². The Kier molecular flexibility index (Phi) is 6.72. The Labute approximate surface area is 165 Å². The van der Waals surface area contributed by atoms with Gasteiger partial charge < -0.3 is 9.64 Å². The fourth-order valence-electron chi connectivity index (χ4n) is 2.88. The number of allylic oxidation sites excluding steroid dienone is 1. The zero-order valence-electron chi connectivity index (χ0n) is 15.8. The summed E-state index contributed by atoms with van der Waals surface area (Å²) in [6.45, 7) is 1.12. The maximum Gasteiger partial charge on any atom is 0.324 e. The number of imide groups is 1. The van der Waals surface area contributed by atoms with E-state index < -0.39 is 9.84 Å². The van der Waals surface area contributed by atoms with Gasteiger partial charge in [-0.15, -0.1) is 0 Å². The van der Waals surface area contributed by atoms with Gasteiger partial charge in [0.1, 0.15) is 12.3 Å². The minimum absolute atomic E-state index is 0.0881. The summed E-state index contributed by atoms with van der Waals surface area (Å²) < 4.78 is 30.7. The molecule has 7 nitrogen and oxygen atoms in total. The maximum absolute atomic E-state index is 12.5. The fourth-order valence-corrected chi connectivity index (χ4v) is 4.28. The molecule has 1 heterocycles. The van der Waals surface area contributed by atoms with Crippen LogP contribution in [-0.4, -0.2) is 50.7 Å². The average molecular weight is 407 g/mol. The third-order valence-corrected chi connectivity index (χ3v) is 6.54. The van der Waals surface area contributed by atoms with Gasteiger partial charge >= 0.3 is 6.03 Å². The van der Waals surface area contributed by atoms with E-state index in [9.17, 15) is 18.0 Å². The highest BCUT2D eigenvalue weighted by Crippen LogP contribution is 2.30. The van der Waals surface area contributed by atoms with Crippen LogP contribution in [-0.2, 0) is 14.6 Å². The van der Waals surface area contributed by atoms with Crippen molar-refractivity contribution >= 4 is 21.8 Å². The van der Waals surface area contributed by atoms with Crippen LogP contribution in [0.15, 0.2) is 41.3 Å². The third kappa shape index (κ3) is 6.09. The van der Waals surface area contributed by atoms with Gasteiger partial charge in [-0.3, -0.25) is 10.1 Å². The number of hydrogen-bond acceptors (Lipinski definition) is 5. The molecule has 1 aliphatic heterocycles. The van der Waals surface area contributed by atoms with E-state index in [2.05, 4.69) is 5.32 Å². The molecule has 28 heavy (non-hydrogen) atoms. The van der Waals surface area contributed by atoms with Crippen molar-refractivity contribution in [2.45, 2.75) is 37.0 Å². The van der Waals surface area contributed by atoms with E-state index in [1.54, 1.807) is 24.3 Å². The monoisotopic (exact) mass is 406 g/mol. The van der Waals surface area contributed by atoms with Crippen molar-refractivity contribution in [2.24, 2.45) is 5.92 Å². The number of hydrogen-bond donors (Lipinski definition) is 1. The summed E-state index contributed by atoms with van der Waals surface area (Å²) >= 11 is 0. The van der Waals surface area contributed by atoms with Crippen LogP contribution in [0.3, 0.4) is 0 Å². The molecule has 0 radical (unpaired) electrons. The molecular weight excluding hydrogens is 380 g/mol. The lowest BCUT2D eigenvalue weighted by Crippen LogP contribution is -2.28. The lowest BCUT2D eigenvalue weighted by Gasteiger charge is -2.09. The lowest BCUT2D eigenvalue weighted by atomic mass is 10.2. The summed E-state index contributed by atoms with van der Waals surface area (Å²) in [5.74, 6) is 1.04. The number of sulfone groups is 1. The SMILES string of the molecule is O=C1CN(C/C=C/CCCCS(=O)(=O)c2cccc(OCC3CC3)c2)C(=O)N1. The van der Waals surface area contributed by atoms with Crippen molar-refractivity contribution in [1.82, 2.24) is 10.2 Å². The third-order valence-electron chi connectivity index (χ3n) is 4.74. The molecule has 0 bridgehead atoms. The van der Waals surface area contributed by atoms with Crippen molar-refractivity contribution in [3.8, 4) is 5.75 Å². The van der Waals surface area contributed by atoms with Crippen LogP contribution in [0.2, 0.25) is 0 Å². The highest BCUT2D eigenvalue weighted by Gasteiger charge is 2.25. The molecular formula is C20H26N2O5S. The Hall–Kier alpha value is -2.35. The minimum Gasteiger partial charge on any atom is -0.493 e. The maximum atomic E-state index is 12.5. The van der Waals surface area contributed by atoms with Crippen molar-refractivity contribution in [3.05, 3.63) is 36.4 Å². The molecule has 0 atom stereocenters. The predicted molar refractivity (Wildman–Crippen MR) is 105 cm³/mol. The first-order chi connectivity index (χ1) is 13.4. The van der Waals surface area contributed by atoms with E-state index >= 15 is 0 Å². The first-order valence-electron chi connectivity index (χ1n) is 9.63. The second-order valence-corrected chi connectivity index (χ2v) is 9.36. The first-order valence-corrected chi connectivity index (χ1v) is 11.3. The van der Waals surface area contributed by atoms with Crippen LogP contribution in [0.1, 0.15) is 32.1 Å². The molecule has 1 aliphatic carbocycles. The Balaban J connectivity index is 1.37. The smallest absolute Gasteiger partial charge is 0.324 e. The molecule has 2 aliphatic rings. The predicted octanol–water partition coefficient (Wildman–Crippen LogP) is 2.53. The van der Waals surface area contributed by atoms with E-state index in [-0.39, 0.29) is 24.2 Å². The van der Waals surface area contributed by atoms with Gasteiger partial charge in [0.2, 0.25) is 5.91 Å². The molecule has 8 heteroatoms. The lowest BCUT2D eigenvalue weighted by molar-refractivity contribution is -0.118. The Morgan fingerprint density at radius 2 is 2.00 bits per heavy atom. The van der Waals surface area contributed by atoms with Gasteiger partial charge in [0, 0.05) is 6.54 Å². The van der Waals surface area contributed by atoms with E-state index in [0.717, 1.165) is 12.8 Å². The normalized spacial score (nSPS) is 17.4. The van der Waals surface area contributed by atoms with Crippen molar-refractivity contribution in [1.29, 1.82) is 0 Å². The van der Waals surface area contributed by atoms with E-state index in [1.165, 1.54) is 17.7 Å². The number of benzene rings is 1. The van der Waals surface area contributed by atoms with Crippen molar-refractivity contribution in [2.75, 3.05) is 25.4 Å². The van der Waals surface area contributed by atoms with Gasteiger partial charge in [0.25, 0.3) is 0 Å². The van der Waals surface area contributed by atoms with Crippen LogP contribution < -0.4 is 10.1 Å². The average Bonchev–Trinajstić information content (AvgIpc) is 3.43. The molecule has 1 N–H and O–H groups in total. The minimum atomic E-state index is -3.33. The number of rotatable bonds is 11. The number of carbonyl (C=O) groups is 2. The van der Waals surface area contributed by atoms with Gasteiger partial charge in [0.05, 0.1) is 17.3 Å². The summed E-state index contributed by atoms with van der Waals surface area (Å²) in [6, 6.07) is 6.36. The topological polar surface area (TPSA) is 92.8 Å². The summed E-state index contributed by atoms with van der Waals surface area (Å²) in [5, 5.41) is 2.22. The van der Waals surface area contributed by atoms with Crippen LogP contribution in [0.4, 0.5) is 4.79 Å². The van der Waals surface area contributed by atoms with Crippen molar-refractivity contribution in [3.63, 3.8) is 0 Å². The quantitative estimate of drug-likeness (QED) is 0.346. The molecule has 1 aromatic rings. The largest absolute Gasteiger partial charge is 0.493 e. The zero-order valence-corrected chi connectivity index (χ0v) is 16.6. The molecule has 3 rings (SSSR count). The summed E-state index contributed by atoms with van der Waals surface area (Å²) in [6.07, 6.45) is 8.14. The molecule has 2 fully saturated rings. The highest BCUT2D eigenvalue weighted by molar-refractivity contribution is 7.91. The second kappa shape index (κ2) is 9.23. The number of nitrogens with one attached hydrogen (secondary N) is 1. The number of carbonyl (C=O) groups excluding carboxylic acids is 2. The number of urea groups is 1. The van der Waals surface area contributed by atoms with Gasteiger partial charge in [-0.2, -0.15) is 0 Å². The summed E-state index contributed by atoms with van der Waals surface area (Å²) in [7, 11) is -3.33. The van der Waals surface area contributed by atoms with Crippen LogP contribution >= 0.6 is 0 Å². The summed E-state index contributed by atoms with van der Waals surface area (Å²) in [5.41, 5.74) is 0. The standard InChI is InChI=1S/C20H26N2O5S/c23-19-14-22(20(24)21-19)11-4-2-1-3-5-12-28(25,26)18-8-6-7-17(13-18)27-15-16-9-10-16/h2,4,6-8,13,16H,1,3,5,9-12,14-15H2,(H,21,23,24)/b4-2+. The number of ether oxygens (including phenoxy) is 1. The van der Waals surface area contributed by atoms with Gasteiger partial charge in [-0.1, -0.05) is 18.2 Å². The van der Waals surface area contributed by atoms with Crippen molar-refractivity contribution < 1.29 is 22.7 Å². The molecule has 1 saturated carbocycles. The molecule has 0 aromatic heterocycles. The van der Waals surface area contributed by atoms with E-state index in [1.807, 2.05) is 12.2 Å². The van der Waals surface area contributed by atoms with Crippen LogP contribution in [0.25, 0.3) is 0 Å². The number of nitrogens with zero attached hydrogens (tertiary/aromatic N) is 1. The molecule has 0 unspecified atom stereocenters. The number of unbranched alkanes of at least 4 members (excludes halogenated alkanes) is 2. The van der Waals surface area contributed by atoms with Gasteiger partial charge in [-0.25, -0.2) is 13.2 Å². The van der Waals surface area contributed by atoms with Crippen LogP contribution in [0.5, 0.6) is 5.75 Å². The Morgan fingerprint density at radius 1 is 1.18 bits per heavy atom. The Bertz CT molecular complexity index is 846. The Morgan fingerprint density at radius 3 is 2.71 bits per heavy atom. The highest BCUT2D eigenvalue weighted by atomic mass is 32.2. The molecule has 1 aromatic carbocycles. The molecule has 152 valence electrons. The van der Waals surface area contributed by atoms with Gasteiger partial charge in [-0.05, 0) is 56.2 Å². The fraction of sp³-hybridized carbons (Fsp3) is 0.500. The molecule has 0 spiro atoms. The zero-order chi connectivity index (χ0) is 20.0.